The van der Waals surface area contributed by atoms with Crippen LogP contribution in [0.3, 0.4) is 0 Å². The topological polar surface area (TPSA) is 63.6 Å². The van der Waals surface area contributed by atoms with E-state index in [1.165, 1.54) is 0 Å². The molecule has 1 rings (SSSR count). The molecular weight excluding hydrogens is 244 g/mol. The second-order valence-corrected chi connectivity index (χ2v) is 5.20. The average molecular weight is 262 g/mol. The predicted octanol–water partition coefficient (Wildman–Crippen LogP) is 2.82. The number of rotatable bonds is 4. The molecule has 4 nitrogen and oxygen atoms in total. The lowest BCUT2D eigenvalue weighted by molar-refractivity contribution is -0.131. The number of carboxylic acids is 1. The van der Waals surface area contributed by atoms with Gasteiger partial charge in [0.05, 0.1) is 7.11 Å². The van der Waals surface area contributed by atoms with Crippen LogP contribution < -0.4 is 4.74 Å². The first-order valence-electron chi connectivity index (χ1n) is 5.89. The van der Waals surface area contributed by atoms with Gasteiger partial charge in [0, 0.05) is 17.2 Å². The molecule has 1 aromatic rings. The molecule has 0 aromatic heterocycles. The summed E-state index contributed by atoms with van der Waals surface area (Å²) in [6.07, 6.45) is 1.89. The highest BCUT2D eigenvalue weighted by Gasteiger charge is 2.20. The van der Waals surface area contributed by atoms with Crippen molar-refractivity contribution in [3.05, 3.63) is 41.5 Å². The Morgan fingerprint density at radius 3 is 2.32 bits per heavy atom. The summed E-state index contributed by atoms with van der Waals surface area (Å²) in [5.74, 6) is -0.764. The lowest BCUT2D eigenvalue weighted by Crippen LogP contribution is -2.14. The van der Waals surface area contributed by atoms with Gasteiger partial charge in [0.2, 0.25) is 0 Å². The van der Waals surface area contributed by atoms with E-state index in [1.807, 2.05) is 20.8 Å². The van der Waals surface area contributed by atoms with Crippen molar-refractivity contribution in [1.29, 1.82) is 0 Å². The maximum atomic E-state index is 11.8. The van der Waals surface area contributed by atoms with Gasteiger partial charge in [-0.25, -0.2) is 4.79 Å². The lowest BCUT2D eigenvalue weighted by Gasteiger charge is -2.22. The van der Waals surface area contributed by atoms with Crippen LogP contribution in [0.4, 0.5) is 0 Å². The van der Waals surface area contributed by atoms with Gasteiger partial charge in [-0.2, -0.15) is 0 Å². The average Bonchev–Trinajstić information content (AvgIpc) is 2.34. The fourth-order valence-corrected chi connectivity index (χ4v) is 1.69. The van der Waals surface area contributed by atoms with Gasteiger partial charge in [0.25, 0.3) is 0 Å². The third kappa shape index (κ3) is 3.95. The number of carbonyl (C=O) groups is 2. The number of allylic oxidation sites excluding steroid dienone is 1. The van der Waals surface area contributed by atoms with Gasteiger partial charge < -0.3 is 9.84 Å². The SMILES string of the molecule is COc1ccc(C(=O)/C=C/C(=O)O)cc1C(C)(C)C. The Balaban J connectivity index is 3.19. The number of hydrogen-bond acceptors (Lipinski definition) is 3. The van der Waals surface area contributed by atoms with Gasteiger partial charge in [-0.05, 0) is 29.7 Å². The first-order chi connectivity index (χ1) is 8.75. The molecule has 0 amide bonds. The molecule has 0 spiro atoms. The van der Waals surface area contributed by atoms with E-state index in [4.69, 9.17) is 9.84 Å². The normalized spacial score (nSPS) is 11.6. The number of benzene rings is 1. The van der Waals surface area contributed by atoms with Crippen molar-refractivity contribution in [3.63, 3.8) is 0 Å². The molecule has 0 bridgehead atoms. The maximum absolute atomic E-state index is 11.8. The summed E-state index contributed by atoms with van der Waals surface area (Å²) in [6.45, 7) is 6.06. The van der Waals surface area contributed by atoms with Crippen LogP contribution in [0, 0.1) is 0 Å². The van der Waals surface area contributed by atoms with E-state index in [0.717, 1.165) is 17.7 Å². The van der Waals surface area contributed by atoms with Crippen LogP contribution in [0.5, 0.6) is 5.75 Å². The summed E-state index contributed by atoms with van der Waals surface area (Å²) >= 11 is 0. The number of aliphatic carboxylic acids is 1. The summed E-state index contributed by atoms with van der Waals surface area (Å²) < 4.78 is 5.28. The molecule has 0 radical (unpaired) electrons. The number of hydrogen-bond donors (Lipinski definition) is 1. The van der Waals surface area contributed by atoms with Crippen LogP contribution in [0.25, 0.3) is 0 Å². The van der Waals surface area contributed by atoms with Crippen molar-refractivity contribution < 1.29 is 19.4 Å². The zero-order valence-corrected chi connectivity index (χ0v) is 11.6. The van der Waals surface area contributed by atoms with Gasteiger partial charge in [-0.15, -0.1) is 0 Å². The molecule has 0 unspecified atom stereocenters. The molecule has 0 heterocycles. The molecule has 0 aliphatic carbocycles. The molecule has 0 aliphatic heterocycles. The Morgan fingerprint density at radius 2 is 1.84 bits per heavy atom. The maximum Gasteiger partial charge on any atom is 0.328 e. The Bertz CT molecular complexity index is 521. The Hall–Kier alpha value is -2.10. The van der Waals surface area contributed by atoms with Crippen molar-refractivity contribution in [2.75, 3.05) is 7.11 Å². The summed E-state index contributed by atoms with van der Waals surface area (Å²) in [5.41, 5.74) is 1.19. The van der Waals surface area contributed by atoms with Gasteiger partial charge in [-0.3, -0.25) is 4.79 Å². The zero-order chi connectivity index (χ0) is 14.6. The molecule has 0 saturated heterocycles. The van der Waals surface area contributed by atoms with Gasteiger partial charge in [-0.1, -0.05) is 20.8 Å². The molecule has 19 heavy (non-hydrogen) atoms. The zero-order valence-electron chi connectivity index (χ0n) is 11.6. The molecule has 1 aromatic carbocycles. The van der Waals surface area contributed by atoms with Crippen LogP contribution in [0.2, 0.25) is 0 Å². The van der Waals surface area contributed by atoms with Crippen molar-refractivity contribution in [2.45, 2.75) is 26.2 Å². The summed E-state index contributed by atoms with van der Waals surface area (Å²) in [5, 5.41) is 8.52. The van der Waals surface area contributed by atoms with Gasteiger partial charge >= 0.3 is 5.97 Å². The fraction of sp³-hybridized carbons (Fsp3) is 0.333. The minimum Gasteiger partial charge on any atom is -0.496 e. The Labute approximate surface area is 112 Å². The van der Waals surface area contributed by atoms with E-state index in [-0.39, 0.29) is 11.2 Å². The molecule has 1 N–H and O–H groups in total. The Kier molecular flexibility index (Phi) is 4.48. The first kappa shape index (κ1) is 15.0. The van der Waals surface area contributed by atoms with Crippen molar-refractivity contribution in [3.8, 4) is 5.75 Å². The summed E-state index contributed by atoms with van der Waals surface area (Å²) in [4.78, 5) is 22.2. The highest BCUT2D eigenvalue weighted by Crippen LogP contribution is 2.32. The smallest absolute Gasteiger partial charge is 0.328 e. The van der Waals surface area contributed by atoms with Crippen LogP contribution in [-0.4, -0.2) is 24.0 Å². The fourth-order valence-electron chi connectivity index (χ4n) is 1.69. The lowest BCUT2D eigenvalue weighted by atomic mass is 9.85. The van der Waals surface area contributed by atoms with E-state index in [1.54, 1.807) is 25.3 Å². The molecule has 4 heteroatoms. The molecule has 0 aliphatic rings. The number of ether oxygens (including phenoxy) is 1. The summed E-state index contributed by atoms with van der Waals surface area (Å²) in [7, 11) is 1.58. The van der Waals surface area contributed by atoms with E-state index >= 15 is 0 Å². The second-order valence-electron chi connectivity index (χ2n) is 5.20. The van der Waals surface area contributed by atoms with Crippen LogP contribution in [0.15, 0.2) is 30.4 Å². The molecule has 0 atom stereocenters. The van der Waals surface area contributed by atoms with Gasteiger partial charge in [0.15, 0.2) is 5.78 Å². The van der Waals surface area contributed by atoms with Crippen molar-refractivity contribution in [2.24, 2.45) is 0 Å². The molecule has 102 valence electrons. The van der Waals surface area contributed by atoms with Crippen LogP contribution in [0.1, 0.15) is 36.7 Å². The predicted molar refractivity (Wildman–Crippen MR) is 72.8 cm³/mol. The minimum absolute atomic E-state index is 0.169. The van der Waals surface area contributed by atoms with Crippen LogP contribution in [-0.2, 0) is 10.2 Å². The first-order valence-corrected chi connectivity index (χ1v) is 5.89. The third-order valence-electron chi connectivity index (χ3n) is 2.67. The molecular formula is C15H18O4. The number of methoxy groups -OCH3 is 1. The quantitative estimate of drug-likeness (QED) is 0.669. The van der Waals surface area contributed by atoms with E-state index in [0.29, 0.717) is 11.3 Å². The largest absolute Gasteiger partial charge is 0.496 e. The number of ketones is 1. The van der Waals surface area contributed by atoms with E-state index in [9.17, 15) is 9.59 Å². The van der Waals surface area contributed by atoms with E-state index < -0.39 is 5.97 Å². The number of carboxylic acid groups (broad SMARTS) is 1. The van der Waals surface area contributed by atoms with Crippen LogP contribution >= 0.6 is 0 Å². The van der Waals surface area contributed by atoms with Crippen molar-refractivity contribution in [1.82, 2.24) is 0 Å². The number of carbonyl (C=O) groups excluding carboxylic acids is 1. The standard InChI is InChI=1S/C15H18O4/c1-15(2,3)11-9-10(5-7-13(11)19-4)12(16)6-8-14(17)18/h5-9H,1-4H3,(H,17,18)/b8-6+. The summed E-state index contributed by atoms with van der Waals surface area (Å²) in [6, 6.07) is 5.10. The second kappa shape index (κ2) is 5.69. The van der Waals surface area contributed by atoms with Crippen molar-refractivity contribution >= 4 is 11.8 Å². The van der Waals surface area contributed by atoms with E-state index in [2.05, 4.69) is 0 Å². The highest BCUT2D eigenvalue weighted by molar-refractivity contribution is 6.07. The third-order valence-corrected chi connectivity index (χ3v) is 2.67. The Morgan fingerprint density at radius 1 is 1.21 bits per heavy atom. The molecule has 0 fully saturated rings. The molecule has 0 saturated carbocycles. The highest BCUT2D eigenvalue weighted by atomic mass is 16.5. The monoisotopic (exact) mass is 262 g/mol. The van der Waals surface area contributed by atoms with Gasteiger partial charge in [0.1, 0.15) is 5.75 Å². The minimum atomic E-state index is -1.14.